The lowest BCUT2D eigenvalue weighted by Crippen LogP contribution is -2.36. The Morgan fingerprint density at radius 3 is 2.75 bits per heavy atom. The quantitative estimate of drug-likeness (QED) is 0.871. The Morgan fingerprint density at radius 1 is 1.33 bits per heavy atom. The first-order valence-electron chi connectivity index (χ1n) is 7.46. The molecule has 0 atom stereocenters. The fourth-order valence-corrected chi connectivity index (χ4v) is 2.26. The van der Waals surface area contributed by atoms with Crippen LogP contribution in [0.2, 0.25) is 0 Å². The zero-order chi connectivity index (χ0) is 17.7. The van der Waals surface area contributed by atoms with E-state index in [9.17, 15) is 18.0 Å². The van der Waals surface area contributed by atoms with Gasteiger partial charge >= 0.3 is 12.2 Å². The number of nitrogens with one attached hydrogen (secondary N) is 2. The van der Waals surface area contributed by atoms with Gasteiger partial charge in [-0.25, -0.2) is 9.78 Å². The van der Waals surface area contributed by atoms with Crippen molar-refractivity contribution in [2.75, 3.05) is 11.9 Å². The number of imidazole rings is 1. The highest BCUT2D eigenvalue weighted by Crippen LogP contribution is 2.17. The van der Waals surface area contributed by atoms with Crippen LogP contribution in [0.3, 0.4) is 0 Å². The molecule has 5 nitrogen and oxygen atoms in total. The van der Waals surface area contributed by atoms with Crippen LogP contribution >= 0.6 is 0 Å². The fourth-order valence-electron chi connectivity index (χ4n) is 2.26. The standard InChI is InChI=1S/C16H19F3N4O/c1-11(2)14-20-6-7-23(14)9-12-4-3-5-13(8-12)22-15(24)21-10-16(17,18)19/h3-8,11H,9-10H2,1-2H3,(H2,21,22,24). The number of urea groups is 1. The van der Waals surface area contributed by atoms with Gasteiger partial charge in [-0.05, 0) is 17.7 Å². The zero-order valence-electron chi connectivity index (χ0n) is 13.4. The van der Waals surface area contributed by atoms with Gasteiger partial charge in [0.05, 0.1) is 0 Å². The van der Waals surface area contributed by atoms with Gasteiger partial charge in [-0.3, -0.25) is 0 Å². The van der Waals surface area contributed by atoms with Crippen LogP contribution in [0, 0.1) is 0 Å². The van der Waals surface area contributed by atoms with Crippen LogP contribution in [0.15, 0.2) is 36.7 Å². The van der Waals surface area contributed by atoms with Gasteiger partial charge in [-0.1, -0.05) is 26.0 Å². The molecule has 0 fully saturated rings. The lowest BCUT2D eigenvalue weighted by Gasteiger charge is -2.12. The third-order valence-corrected chi connectivity index (χ3v) is 3.25. The summed E-state index contributed by atoms with van der Waals surface area (Å²) in [7, 11) is 0. The summed E-state index contributed by atoms with van der Waals surface area (Å²) in [6.07, 6.45) is -0.846. The zero-order valence-corrected chi connectivity index (χ0v) is 13.4. The van der Waals surface area contributed by atoms with Crippen LogP contribution in [-0.2, 0) is 6.54 Å². The normalized spacial score (nSPS) is 11.6. The van der Waals surface area contributed by atoms with E-state index in [-0.39, 0.29) is 5.92 Å². The smallest absolute Gasteiger partial charge is 0.330 e. The Morgan fingerprint density at radius 2 is 2.08 bits per heavy atom. The minimum atomic E-state index is -4.44. The van der Waals surface area contributed by atoms with Crippen molar-refractivity contribution in [3.05, 3.63) is 48.0 Å². The number of anilines is 1. The number of nitrogens with zero attached hydrogens (tertiary/aromatic N) is 2. The number of hydrogen-bond donors (Lipinski definition) is 2. The maximum atomic E-state index is 12.1. The number of hydrogen-bond acceptors (Lipinski definition) is 2. The van der Waals surface area contributed by atoms with Gasteiger partial charge < -0.3 is 15.2 Å². The van der Waals surface area contributed by atoms with Crippen LogP contribution in [0.4, 0.5) is 23.7 Å². The molecule has 0 spiro atoms. The van der Waals surface area contributed by atoms with E-state index < -0.39 is 18.8 Å². The molecule has 2 amide bonds. The Bertz CT molecular complexity index is 695. The predicted octanol–water partition coefficient (Wildman–Crippen LogP) is 3.74. The van der Waals surface area contributed by atoms with Gasteiger partial charge in [0.15, 0.2) is 0 Å². The third kappa shape index (κ3) is 5.29. The van der Waals surface area contributed by atoms with Crippen LogP contribution in [0.25, 0.3) is 0 Å². The number of rotatable bonds is 5. The number of carbonyl (C=O) groups excluding carboxylic acids is 1. The topological polar surface area (TPSA) is 59.0 Å². The first-order valence-corrected chi connectivity index (χ1v) is 7.46. The number of alkyl halides is 3. The van der Waals surface area contributed by atoms with Crippen molar-refractivity contribution in [1.29, 1.82) is 0 Å². The molecule has 2 N–H and O–H groups in total. The molecule has 1 aromatic heterocycles. The van der Waals surface area contributed by atoms with Crippen LogP contribution in [0.1, 0.15) is 31.2 Å². The maximum Gasteiger partial charge on any atom is 0.405 e. The summed E-state index contributed by atoms with van der Waals surface area (Å²) in [5, 5.41) is 4.17. The van der Waals surface area contributed by atoms with Crippen molar-refractivity contribution in [2.24, 2.45) is 0 Å². The summed E-state index contributed by atoms with van der Waals surface area (Å²) in [4.78, 5) is 15.8. The van der Waals surface area contributed by atoms with Gasteiger partial charge in [0, 0.05) is 30.5 Å². The molecule has 24 heavy (non-hydrogen) atoms. The second-order valence-corrected chi connectivity index (χ2v) is 5.69. The van der Waals surface area contributed by atoms with E-state index in [0.29, 0.717) is 12.2 Å². The molecule has 2 aromatic rings. The largest absolute Gasteiger partial charge is 0.405 e. The lowest BCUT2D eigenvalue weighted by atomic mass is 10.1. The molecular weight excluding hydrogens is 321 g/mol. The minimum Gasteiger partial charge on any atom is -0.330 e. The van der Waals surface area contributed by atoms with Crippen molar-refractivity contribution in [3.8, 4) is 0 Å². The molecule has 0 radical (unpaired) electrons. The number of benzene rings is 1. The lowest BCUT2D eigenvalue weighted by molar-refractivity contribution is -0.122. The van der Waals surface area contributed by atoms with E-state index in [0.717, 1.165) is 11.4 Å². The molecule has 0 aliphatic heterocycles. The van der Waals surface area contributed by atoms with Crippen molar-refractivity contribution in [3.63, 3.8) is 0 Å². The molecule has 0 saturated heterocycles. The first kappa shape index (κ1) is 17.8. The van der Waals surface area contributed by atoms with Crippen molar-refractivity contribution >= 4 is 11.7 Å². The summed E-state index contributed by atoms with van der Waals surface area (Å²) in [5.41, 5.74) is 1.34. The van der Waals surface area contributed by atoms with Gasteiger partial charge in [0.2, 0.25) is 0 Å². The molecule has 130 valence electrons. The second-order valence-electron chi connectivity index (χ2n) is 5.69. The van der Waals surface area contributed by atoms with Crippen LogP contribution < -0.4 is 10.6 Å². The molecule has 0 unspecified atom stereocenters. The number of carbonyl (C=O) groups is 1. The Labute approximate surface area is 137 Å². The van der Waals surface area contributed by atoms with E-state index in [1.54, 1.807) is 29.7 Å². The molecule has 1 aromatic carbocycles. The van der Waals surface area contributed by atoms with Gasteiger partial charge in [-0.2, -0.15) is 13.2 Å². The van der Waals surface area contributed by atoms with Crippen molar-refractivity contribution < 1.29 is 18.0 Å². The highest BCUT2D eigenvalue weighted by molar-refractivity contribution is 5.89. The second kappa shape index (κ2) is 7.37. The fraction of sp³-hybridized carbons (Fsp3) is 0.375. The molecule has 2 rings (SSSR count). The van der Waals surface area contributed by atoms with Crippen molar-refractivity contribution in [2.45, 2.75) is 32.5 Å². The van der Waals surface area contributed by atoms with Gasteiger partial charge in [-0.15, -0.1) is 0 Å². The molecule has 8 heteroatoms. The highest BCUT2D eigenvalue weighted by atomic mass is 19.4. The Balaban J connectivity index is 2.01. The summed E-state index contributed by atoms with van der Waals surface area (Å²) in [5.74, 6) is 1.21. The van der Waals surface area contributed by atoms with Gasteiger partial charge in [0.25, 0.3) is 0 Å². The van der Waals surface area contributed by atoms with Gasteiger partial charge in [0.1, 0.15) is 12.4 Å². The molecular formula is C16H19F3N4O. The Hall–Kier alpha value is -2.51. The summed E-state index contributed by atoms with van der Waals surface area (Å²) in [6.45, 7) is 3.28. The Kier molecular flexibility index (Phi) is 5.48. The molecule has 0 aliphatic rings. The average molecular weight is 340 g/mol. The minimum absolute atomic E-state index is 0.273. The number of halogens is 3. The molecule has 0 aliphatic carbocycles. The van der Waals surface area contributed by atoms with Crippen molar-refractivity contribution in [1.82, 2.24) is 14.9 Å². The van der Waals surface area contributed by atoms with Crippen LogP contribution in [0.5, 0.6) is 0 Å². The number of aromatic nitrogens is 2. The number of amides is 2. The molecule has 0 saturated carbocycles. The highest BCUT2D eigenvalue weighted by Gasteiger charge is 2.27. The van der Waals surface area contributed by atoms with E-state index in [1.807, 2.05) is 30.7 Å². The van der Waals surface area contributed by atoms with E-state index in [2.05, 4.69) is 10.3 Å². The first-order chi connectivity index (χ1) is 11.2. The third-order valence-electron chi connectivity index (χ3n) is 3.25. The summed E-state index contributed by atoms with van der Waals surface area (Å²) >= 11 is 0. The SMILES string of the molecule is CC(C)c1nccn1Cc1cccc(NC(=O)NCC(F)(F)F)c1. The monoisotopic (exact) mass is 340 g/mol. The van der Waals surface area contributed by atoms with Crippen LogP contribution in [-0.4, -0.2) is 28.3 Å². The molecule has 0 bridgehead atoms. The average Bonchev–Trinajstić information content (AvgIpc) is 2.93. The predicted molar refractivity (Wildman–Crippen MR) is 84.9 cm³/mol. The van der Waals surface area contributed by atoms with E-state index in [1.165, 1.54) is 0 Å². The van der Waals surface area contributed by atoms with E-state index >= 15 is 0 Å². The van der Waals surface area contributed by atoms with E-state index in [4.69, 9.17) is 0 Å². The maximum absolute atomic E-state index is 12.1. The molecule has 1 heterocycles. The summed E-state index contributed by atoms with van der Waals surface area (Å²) in [6, 6.07) is 6.06. The summed E-state index contributed by atoms with van der Waals surface area (Å²) < 4.78 is 38.2.